The molecule has 1 saturated heterocycles. The molecule has 3 heterocycles. The number of hydrogen-bond acceptors (Lipinski definition) is 5. The van der Waals surface area contributed by atoms with Gasteiger partial charge in [-0.2, -0.15) is 0 Å². The Morgan fingerprint density at radius 2 is 1.89 bits per heavy atom. The highest BCUT2D eigenvalue weighted by atomic mass is 19.1. The number of hydrogen-bond donors (Lipinski definition) is 1. The number of amides is 2. The van der Waals surface area contributed by atoms with Gasteiger partial charge in [-0.1, -0.05) is 26.0 Å². The van der Waals surface area contributed by atoms with Gasteiger partial charge in [-0.3, -0.25) is 24.5 Å². The maximum atomic E-state index is 13.5. The molecule has 8 heteroatoms. The first-order valence-corrected chi connectivity index (χ1v) is 11.3. The number of carbonyl (C=O) groups excluding carboxylic acids is 2. The number of nitrogens with one attached hydrogen (secondary N) is 1. The quantitative estimate of drug-likeness (QED) is 0.593. The molecule has 0 spiro atoms. The maximum Gasteiger partial charge on any atom is 0.257 e. The van der Waals surface area contributed by atoms with Crippen LogP contribution < -0.4 is 10.2 Å². The Hall–Kier alpha value is -4.20. The van der Waals surface area contributed by atoms with Gasteiger partial charge in [0.05, 0.1) is 17.2 Å². The average molecular weight is 470 g/mol. The molecule has 0 saturated carbocycles. The Balaban J connectivity index is 1.49. The van der Waals surface area contributed by atoms with Gasteiger partial charge in [-0.25, -0.2) is 9.37 Å². The molecule has 35 heavy (non-hydrogen) atoms. The van der Waals surface area contributed by atoms with Crippen LogP contribution in [0.2, 0.25) is 0 Å². The number of anilines is 2. The van der Waals surface area contributed by atoms with E-state index in [4.69, 9.17) is 0 Å². The molecule has 7 nitrogen and oxygen atoms in total. The molecule has 2 unspecified atom stereocenters. The van der Waals surface area contributed by atoms with Crippen LogP contribution in [0, 0.1) is 24.1 Å². The Labute approximate surface area is 202 Å². The zero-order chi connectivity index (χ0) is 24.7. The molecule has 176 valence electrons. The van der Waals surface area contributed by atoms with Crippen LogP contribution in [-0.4, -0.2) is 26.8 Å². The number of aromatic nitrogens is 3. The van der Waals surface area contributed by atoms with Crippen LogP contribution in [0.25, 0.3) is 0 Å². The normalized spacial score (nSPS) is 20.4. The van der Waals surface area contributed by atoms with Gasteiger partial charge < -0.3 is 5.32 Å². The van der Waals surface area contributed by atoms with E-state index < -0.39 is 5.41 Å². The first kappa shape index (κ1) is 22.6. The van der Waals surface area contributed by atoms with Gasteiger partial charge in [-0.15, -0.1) is 0 Å². The second-order valence-corrected chi connectivity index (χ2v) is 9.27. The van der Waals surface area contributed by atoms with Crippen LogP contribution in [0.15, 0.2) is 79.0 Å². The standard InChI is InChI=1S/C27H24FN5O2/c1-16-21(25(34)32-19-9-7-18(28)8-10-19)13-17(14-31-16)20-5-4-6-22-24(20)27(2,3)26(35)33(22)23-15-29-11-12-30-23/h4-15,20,24H,1-3H3,(H,32,34). The van der Waals surface area contributed by atoms with Crippen LogP contribution in [0.4, 0.5) is 15.9 Å². The van der Waals surface area contributed by atoms with Gasteiger partial charge in [0.15, 0.2) is 5.82 Å². The average Bonchev–Trinajstić information content (AvgIpc) is 3.06. The minimum Gasteiger partial charge on any atom is -0.322 e. The Kier molecular flexibility index (Phi) is 5.51. The van der Waals surface area contributed by atoms with Gasteiger partial charge in [0.25, 0.3) is 5.91 Å². The number of benzene rings is 1. The Bertz CT molecular complexity index is 1370. The first-order chi connectivity index (χ1) is 16.8. The van der Waals surface area contributed by atoms with Crippen molar-refractivity contribution in [2.24, 2.45) is 11.3 Å². The lowest BCUT2D eigenvalue weighted by Gasteiger charge is -2.32. The van der Waals surface area contributed by atoms with Crippen molar-refractivity contribution in [3.05, 3.63) is 102 Å². The van der Waals surface area contributed by atoms with Crippen molar-refractivity contribution in [2.75, 3.05) is 10.2 Å². The molecule has 0 radical (unpaired) electrons. The van der Waals surface area contributed by atoms with Gasteiger partial charge >= 0.3 is 0 Å². The summed E-state index contributed by atoms with van der Waals surface area (Å²) in [5.41, 5.74) is 2.43. The summed E-state index contributed by atoms with van der Waals surface area (Å²) in [4.78, 5) is 41.2. The number of nitrogens with zero attached hydrogens (tertiary/aromatic N) is 4. The fourth-order valence-electron chi connectivity index (χ4n) is 4.88. The van der Waals surface area contributed by atoms with Crippen LogP contribution >= 0.6 is 0 Å². The highest BCUT2D eigenvalue weighted by Gasteiger charge is 2.54. The van der Waals surface area contributed by atoms with E-state index in [2.05, 4.69) is 20.3 Å². The SMILES string of the molecule is Cc1ncc(C2C=CC=C3C2C(C)(C)C(=O)N3c2cnccn2)cc1C(=O)Nc1ccc(F)cc1. The van der Waals surface area contributed by atoms with E-state index >= 15 is 0 Å². The molecule has 2 aliphatic rings. The maximum absolute atomic E-state index is 13.5. The summed E-state index contributed by atoms with van der Waals surface area (Å²) >= 11 is 0. The van der Waals surface area contributed by atoms with Gasteiger partial charge in [0, 0.05) is 47.5 Å². The van der Waals surface area contributed by atoms with E-state index in [1.54, 1.807) is 36.6 Å². The van der Waals surface area contributed by atoms with E-state index in [0.29, 0.717) is 22.8 Å². The lowest BCUT2D eigenvalue weighted by Crippen LogP contribution is -2.33. The van der Waals surface area contributed by atoms with Crippen molar-refractivity contribution < 1.29 is 14.0 Å². The second-order valence-electron chi connectivity index (χ2n) is 9.27. The molecular formula is C27H24FN5O2. The molecule has 1 aliphatic heterocycles. The predicted octanol–water partition coefficient (Wildman–Crippen LogP) is 4.80. The molecule has 1 aliphatic carbocycles. The predicted molar refractivity (Wildman–Crippen MR) is 130 cm³/mol. The van der Waals surface area contributed by atoms with Gasteiger partial charge in [0.1, 0.15) is 5.82 Å². The number of fused-ring (bicyclic) bond motifs is 1. The minimum absolute atomic E-state index is 0.0581. The van der Waals surface area contributed by atoms with Gasteiger partial charge in [0.2, 0.25) is 5.91 Å². The number of halogens is 1. The third-order valence-corrected chi connectivity index (χ3v) is 6.67. The topological polar surface area (TPSA) is 88.1 Å². The highest BCUT2D eigenvalue weighted by Crippen LogP contribution is 2.53. The molecule has 1 fully saturated rings. The number of aryl methyl sites for hydroxylation is 1. The Morgan fingerprint density at radius 1 is 1.11 bits per heavy atom. The number of rotatable bonds is 4. The molecule has 3 aromatic rings. The van der Waals surface area contributed by atoms with E-state index in [9.17, 15) is 14.0 Å². The molecular weight excluding hydrogens is 445 g/mol. The van der Waals surface area contributed by atoms with Crippen molar-refractivity contribution >= 4 is 23.3 Å². The van der Waals surface area contributed by atoms with Crippen LogP contribution in [-0.2, 0) is 4.79 Å². The fourth-order valence-corrected chi connectivity index (χ4v) is 4.88. The molecule has 5 rings (SSSR count). The van der Waals surface area contributed by atoms with E-state index in [1.165, 1.54) is 24.3 Å². The summed E-state index contributed by atoms with van der Waals surface area (Å²) in [6.45, 7) is 5.63. The number of allylic oxidation sites excluding steroid dienone is 4. The fraction of sp³-hybridized carbons (Fsp3) is 0.222. The van der Waals surface area contributed by atoms with E-state index in [-0.39, 0.29) is 29.5 Å². The molecule has 0 bridgehead atoms. The van der Waals surface area contributed by atoms with Crippen molar-refractivity contribution in [1.82, 2.24) is 15.0 Å². The monoisotopic (exact) mass is 469 g/mol. The third kappa shape index (κ3) is 3.90. The zero-order valence-corrected chi connectivity index (χ0v) is 19.6. The molecule has 1 aromatic carbocycles. The van der Waals surface area contributed by atoms with Gasteiger partial charge in [-0.05, 0) is 48.9 Å². The molecule has 2 atom stereocenters. The zero-order valence-electron chi connectivity index (χ0n) is 19.6. The first-order valence-electron chi connectivity index (χ1n) is 11.3. The van der Waals surface area contributed by atoms with Crippen molar-refractivity contribution in [3.8, 4) is 0 Å². The van der Waals surface area contributed by atoms with Crippen molar-refractivity contribution in [2.45, 2.75) is 26.7 Å². The largest absolute Gasteiger partial charge is 0.322 e. The third-order valence-electron chi connectivity index (χ3n) is 6.67. The van der Waals surface area contributed by atoms with Crippen LogP contribution in [0.5, 0.6) is 0 Å². The lowest BCUT2D eigenvalue weighted by molar-refractivity contribution is -0.125. The molecule has 2 aromatic heterocycles. The minimum atomic E-state index is -0.722. The number of carbonyl (C=O) groups is 2. The van der Waals surface area contributed by atoms with Crippen molar-refractivity contribution in [3.63, 3.8) is 0 Å². The van der Waals surface area contributed by atoms with E-state index in [1.807, 2.05) is 38.1 Å². The summed E-state index contributed by atoms with van der Waals surface area (Å²) in [7, 11) is 0. The lowest BCUT2D eigenvalue weighted by atomic mass is 9.69. The summed E-state index contributed by atoms with van der Waals surface area (Å²) < 4.78 is 13.2. The number of pyridine rings is 1. The van der Waals surface area contributed by atoms with Crippen molar-refractivity contribution in [1.29, 1.82) is 0 Å². The highest BCUT2D eigenvalue weighted by molar-refractivity contribution is 6.05. The Morgan fingerprint density at radius 3 is 2.60 bits per heavy atom. The molecule has 1 N–H and O–H groups in total. The summed E-state index contributed by atoms with van der Waals surface area (Å²) in [5, 5.41) is 2.80. The summed E-state index contributed by atoms with van der Waals surface area (Å²) in [6.07, 6.45) is 12.4. The van der Waals surface area contributed by atoms with E-state index in [0.717, 1.165) is 11.3 Å². The van der Waals surface area contributed by atoms with Crippen LogP contribution in [0.3, 0.4) is 0 Å². The summed E-state index contributed by atoms with van der Waals surface area (Å²) in [6, 6.07) is 7.42. The second kappa shape index (κ2) is 8.54. The van der Waals surface area contributed by atoms with Crippen LogP contribution in [0.1, 0.15) is 41.4 Å². The molecule has 2 amide bonds. The summed E-state index contributed by atoms with van der Waals surface area (Å²) in [5.74, 6) is -0.644. The smallest absolute Gasteiger partial charge is 0.257 e.